The molecule has 0 amide bonds. The predicted molar refractivity (Wildman–Crippen MR) is 168 cm³/mol. The zero-order valence-electron chi connectivity index (χ0n) is 24.9. The molecule has 3 atom stereocenters. The van der Waals surface area contributed by atoms with E-state index in [0.717, 1.165) is 56.3 Å². The minimum Gasteiger partial charge on any atom is -0.379 e. The topological polar surface area (TPSA) is 140 Å². The van der Waals surface area contributed by atoms with Gasteiger partial charge in [0.2, 0.25) is 0 Å². The summed E-state index contributed by atoms with van der Waals surface area (Å²) < 4.78 is 26.1. The maximum Gasteiger partial charge on any atom is 0.187 e. The largest absolute Gasteiger partial charge is 0.379 e. The molecule has 4 aliphatic carbocycles. The fraction of sp³-hybridized carbons (Fsp3) is 0.531. The van der Waals surface area contributed by atoms with Crippen LogP contribution in [0.2, 0.25) is 0 Å². The number of anilines is 2. The van der Waals surface area contributed by atoms with Gasteiger partial charge in [-0.2, -0.15) is 9.46 Å². The number of pyridine rings is 2. The maximum atomic E-state index is 13.7. The van der Waals surface area contributed by atoms with Crippen LogP contribution < -0.4 is 5.32 Å². The molecule has 44 heavy (non-hydrogen) atoms. The number of ether oxygens (including phenoxy) is 1. The minimum atomic E-state index is -2.45. The molecule has 5 fully saturated rings. The van der Waals surface area contributed by atoms with Gasteiger partial charge in [-0.25, -0.2) is 14.2 Å². The smallest absolute Gasteiger partial charge is 0.187 e. The molecule has 9 rings (SSSR count). The number of aromatic amines is 1. The van der Waals surface area contributed by atoms with Gasteiger partial charge >= 0.3 is 0 Å². The van der Waals surface area contributed by atoms with Gasteiger partial charge in [0.15, 0.2) is 17.2 Å². The molecule has 1 aliphatic heterocycles. The van der Waals surface area contributed by atoms with Crippen molar-refractivity contribution >= 4 is 44.0 Å². The van der Waals surface area contributed by atoms with E-state index in [1.807, 2.05) is 43.6 Å². The molecule has 2 bridgehead atoms. The van der Waals surface area contributed by atoms with Crippen LogP contribution in [-0.2, 0) is 14.5 Å². The van der Waals surface area contributed by atoms with Gasteiger partial charge < -0.3 is 14.6 Å². The highest BCUT2D eigenvalue weighted by Gasteiger charge is 2.62. The first-order valence-electron chi connectivity index (χ1n) is 15.8. The Bertz CT molecular complexity index is 1820. The van der Waals surface area contributed by atoms with Crippen molar-refractivity contribution in [3.8, 4) is 0 Å². The van der Waals surface area contributed by atoms with Crippen LogP contribution in [0.15, 0.2) is 47.2 Å². The summed E-state index contributed by atoms with van der Waals surface area (Å²) >= 11 is 0. The molecular formula is C32H38N8O3S. The van der Waals surface area contributed by atoms with Gasteiger partial charge in [0.1, 0.15) is 22.7 Å². The number of nitrogens with zero attached hydrogens (tertiary/aromatic N) is 6. The van der Waals surface area contributed by atoms with Crippen LogP contribution >= 0.6 is 0 Å². The highest BCUT2D eigenvalue weighted by molar-refractivity contribution is 7.93. The van der Waals surface area contributed by atoms with Crippen LogP contribution in [0, 0.1) is 30.1 Å². The molecule has 0 radical (unpaired) electrons. The molecule has 1 unspecified atom stereocenters. The van der Waals surface area contributed by atoms with Gasteiger partial charge in [-0.1, -0.05) is 6.07 Å². The second kappa shape index (κ2) is 10.8. The molecular weight excluding hydrogens is 576 g/mol. The van der Waals surface area contributed by atoms with Gasteiger partial charge in [-0.3, -0.25) is 14.9 Å². The molecule has 4 saturated carbocycles. The number of ketones is 1. The summed E-state index contributed by atoms with van der Waals surface area (Å²) in [5.41, 5.74) is 3.36. The predicted octanol–water partition coefficient (Wildman–Crippen LogP) is 5.76. The summed E-state index contributed by atoms with van der Waals surface area (Å²) in [5, 5.41) is 10.6. The van der Waals surface area contributed by atoms with E-state index in [9.17, 15) is 9.00 Å². The van der Waals surface area contributed by atoms with Gasteiger partial charge in [0.05, 0.1) is 40.8 Å². The fourth-order valence-electron chi connectivity index (χ4n) is 7.94. The second-order valence-corrected chi connectivity index (χ2v) is 15.7. The molecule has 5 aliphatic rings. The molecule has 1 saturated heterocycles. The van der Waals surface area contributed by atoms with Crippen molar-refractivity contribution in [3.63, 3.8) is 0 Å². The molecule has 230 valence electrons. The standard InChI is InChI=1S/C32H38N8O3S/c1-20-14-28(38-37-20)35-27-16-26(39-44(42)12-10-43-11-13-44)29-31(36-27)40(19-34-29)23-7-5-21-17-32(18-21,24-15-22(24)6-8-23)30(41)25-4-2-3-9-33-25/h2-4,9,14,16,19,21-24H,5-8,10-13,15,17-18H2,1H3,(H2,35,36,37,38)/t21?,22-,23+,24?,32?/m1/s1. The number of carbonyl (C=O) groups excluding carboxylic acids is 1. The van der Waals surface area contributed by atoms with Crippen LogP contribution in [0.5, 0.6) is 0 Å². The lowest BCUT2D eigenvalue weighted by molar-refractivity contribution is 0.0165. The number of hydrogen-bond donors (Lipinski definition) is 2. The van der Waals surface area contributed by atoms with E-state index in [0.29, 0.717) is 71.0 Å². The molecule has 0 aromatic carbocycles. The van der Waals surface area contributed by atoms with Crippen molar-refractivity contribution in [2.75, 3.05) is 30.0 Å². The zero-order chi connectivity index (χ0) is 29.9. The normalized spacial score (nSPS) is 29.3. The Hall–Kier alpha value is -3.64. The van der Waals surface area contributed by atoms with Gasteiger partial charge in [-0.15, -0.1) is 0 Å². The summed E-state index contributed by atoms with van der Waals surface area (Å²) in [6.07, 6.45) is 10.8. The number of H-pyrrole nitrogens is 1. The van der Waals surface area contributed by atoms with Crippen molar-refractivity contribution in [2.24, 2.45) is 27.5 Å². The van der Waals surface area contributed by atoms with E-state index in [1.54, 1.807) is 6.20 Å². The van der Waals surface area contributed by atoms with E-state index in [4.69, 9.17) is 19.1 Å². The Balaban J connectivity index is 1.10. The second-order valence-electron chi connectivity index (χ2n) is 13.2. The van der Waals surface area contributed by atoms with E-state index in [-0.39, 0.29) is 17.2 Å². The van der Waals surface area contributed by atoms with E-state index in [1.165, 1.54) is 0 Å². The van der Waals surface area contributed by atoms with Gasteiger partial charge in [-0.05, 0) is 81.8 Å². The third kappa shape index (κ3) is 5.01. The Morgan fingerprint density at radius 3 is 2.73 bits per heavy atom. The summed E-state index contributed by atoms with van der Waals surface area (Å²) in [6.45, 7) is 2.84. The van der Waals surface area contributed by atoms with Crippen molar-refractivity contribution in [2.45, 2.75) is 57.9 Å². The maximum absolute atomic E-state index is 13.7. The van der Waals surface area contributed by atoms with E-state index < -0.39 is 9.73 Å². The summed E-state index contributed by atoms with van der Waals surface area (Å²) in [6, 6.07) is 9.66. The number of hydrogen-bond acceptors (Lipinski definition) is 9. The monoisotopic (exact) mass is 614 g/mol. The number of nitrogens with one attached hydrogen (secondary N) is 2. The van der Waals surface area contributed by atoms with Crippen molar-refractivity contribution in [1.29, 1.82) is 0 Å². The van der Waals surface area contributed by atoms with Crippen molar-refractivity contribution in [1.82, 2.24) is 29.7 Å². The number of carbonyl (C=O) groups is 1. The lowest BCUT2D eigenvalue weighted by atomic mass is 9.54. The average Bonchev–Trinajstić information content (AvgIpc) is 3.48. The lowest BCUT2D eigenvalue weighted by Crippen LogP contribution is -2.47. The van der Waals surface area contributed by atoms with Crippen LogP contribution in [0.25, 0.3) is 11.2 Å². The lowest BCUT2D eigenvalue weighted by Gasteiger charge is -2.48. The Morgan fingerprint density at radius 2 is 1.95 bits per heavy atom. The minimum absolute atomic E-state index is 0.220. The van der Waals surface area contributed by atoms with Crippen LogP contribution in [0.4, 0.5) is 17.3 Å². The Morgan fingerprint density at radius 1 is 1.11 bits per heavy atom. The Kier molecular flexibility index (Phi) is 6.82. The number of fused-ring (bicyclic) bond motifs is 5. The van der Waals surface area contributed by atoms with Crippen molar-refractivity contribution < 1.29 is 13.7 Å². The van der Waals surface area contributed by atoms with Gasteiger partial charge in [0.25, 0.3) is 0 Å². The Labute approximate surface area is 256 Å². The number of aryl methyl sites for hydroxylation is 1. The highest BCUT2D eigenvalue weighted by Crippen LogP contribution is 2.66. The van der Waals surface area contributed by atoms with Gasteiger partial charge in [0, 0.05) is 35.5 Å². The third-order valence-corrected chi connectivity index (χ3v) is 12.4. The molecule has 11 nitrogen and oxygen atoms in total. The first-order chi connectivity index (χ1) is 21.4. The molecule has 4 aromatic heterocycles. The molecule has 0 spiro atoms. The highest BCUT2D eigenvalue weighted by atomic mass is 32.2. The summed E-state index contributed by atoms with van der Waals surface area (Å²) in [7, 11) is -2.45. The SMILES string of the molecule is Cc1cc(Nc2cc(N=S3(=O)CCOCC3)c3ncn([C@H]4CCC5CC(C(=O)c6ccccn6)(C5)C5C[C@H]5CC4)c3n2)n[nH]1. The number of aromatic nitrogens is 6. The molecule has 5 heterocycles. The summed E-state index contributed by atoms with van der Waals surface area (Å²) in [4.78, 5) is 27.9. The fourth-order valence-corrected chi connectivity index (χ4v) is 9.58. The van der Waals surface area contributed by atoms with Crippen LogP contribution in [-0.4, -0.2) is 64.4 Å². The zero-order valence-corrected chi connectivity index (χ0v) is 25.8. The quantitative estimate of drug-likeness (QED) is 0.261. The first kappa shape index (κ1) is 27.9. The summed E-state index contributed by atoms with van der Waals surface area (Å²) in [5.74, 6) is 3.90. The molecule has 4 aromatic rings. The van der Waals surface area contributed by atoms with Crippen LogP contribution in [0.1, 0.15) is 67.2 Å². The molecule has 2 N–H and O–H groups in total. The average molecular weight is 615 g/mol. The third-order valence-electron chi connectivity index (χ3n) is 10.3. The first-order valence-corrected chi connectivity index (χ1v) is 17.7. The number of rotatable bonds is 6. The number of Topliss-reactive ketones (excluding diaryl/α,β-unsaturated/α-hetero) is 1. The molecule has 12 heteroatoms. The van der Waals surface area contributed by atoms with E-state index in [2.05, 4.69) is 25.1 Å². The van der Waals surface area contributed by atoms with Crippen LogP contribution in [0.3, 0.4) is 0 Å². The number of imidazole rings is 1. The van der Waals surface area contributed by atoms with Crippen molar-refractivity contribution in [3.05, 3.63) is 54.2 Å². The van der Waals surface area contributed by atoms with E-state index >= 15 is 0 Å².